The maximum absolute atomic E-state index is 11.9. The topological polar surface area (TPSA) is 57.8 Å². The minimum Gasteiger partial charge on any atom is -0.381 e. The van der Waals surface area contributed by atoms with Crippen molar-refractivity contribution in [2.45, 2.75) is 20.4 Å². The molecule has 4 nitrogen and oxygen atoms in total. The van der Waals surface area contributed by atoms with E-state index in [0.29, 0.717) is 11.2 Å². The molecule has 3 aromatic rings. The molecule has 0 aliphatic carbocycles. The molecule has 0 radical (unpaired) electrons. The molecule has 0 unspecified atom stereocenters. The highest BCUT2D eigenvalue weighted by molar-refractivity contribution is 5.81. The van der Waals surface area contributed by atoms with Gasteiger partial charge in [-0.2, -0.15) is 0 Å². The summed E-state index contributed by atoms with van der Waals surface area (Å²) >= 11 is 0. The number of anilines is 1. The molecule has 3 rings (SSSR count). The molecule has 0 saturated carbocycles. The fourth-order valence-corrected chi connectivity index (χ4v) is 2.28. The van der Waals surface area contributed by atoms with E-state index < -0.39 is 0 Å². The van der Waals surface area contributed by atoms with Gasteiger partial charge in [-0.15, -0.1) is 0 Å². The van der Waals surface area contributed by atoms with E-state index in [2.05, 4.69) is 46.5 Å². The molecule has 21 heavy (non-hydrogen) atoms. The van der Waals surface area contributed by atoms with E-state index in [1.54, 1.807) is 6.92 Å². The van der Waals surface area contributed by atoms with Gasteiger partial charge in [0.15, 0.2) is 0 Å². The second-order valence-corrected chi connectivity index (χ2v) is 5.22. The smallest absolute Gasteiger partial charge is 0.258 e. The van der Waals surface area contributed by atoms with Crippen LogP contribution in [-0.4, -0.2) is 9.97 Å². The zero-order chi connectivity index (χ0) is 14.8. The number of aromatic nitrogens is 2. The van der Waals surface area contributed by atoms with Crippen molar-refractivity contribution in [3.05, 3.63) is 69.8 Å². The monoisotopic (exact) mass is 279 g/mol. The molecule has 0 saturated heterocycles. The minimum atomic E-state index is -0.100. The SMILES string of the molecule is Cc1ccc(CNc2ccc3nc(C)[nH]c(=O)c3c2)cc1. The Bertz CT molecular complexity index is 835. The zero-order valence-electron chi connectivity index (χ0n) is 12.1. The average Bonchev–Trinajstić information content (AvgIpc) is 2.47. The van der Waals surface area contributed by atoms with E-state index >= 15 is 0 Å². The lowest BCUT2D eigenvalue weighted by Crippen LogP contribution is -2.10. The predicted octanol–water partition coefficient (Wildman–Crippen LogP) is 3.15. The summed E-state index contributed by atoms with van der Waals surface area (Å²) < 4.78 is 0. The van der Waals surface area contributed by atoms with E-state index in [4.69, 9.17) is 0 Å². The van der Waals surface area contributed by atoms with E-state index in [-0.39, 0.29) is 5.56 Å². The largest absolute Gasteiger partial charge is 0.381 e. The van der Waals surface area contributed by atoms with Gasteiger partial charge in [0.05, 0.1) is 10.9 Å². The first-order valence-corrected chi connectivity index (χ1v) is 6.92. The molecule has 0 atom stereocenters. The number of hydrogen-bond donors (Lipinski definition) is 2. The van der Waals surface area contributed by atoms with Crippen LogP contribution < -0.4 is 10.9 Å². The van der Waals surface area contributed by atoms with Gasteiger partial charge in [-0.05, 0) is 37.6 Å². The fourth-order valence-electron chi connectivity index (χ4n) is 2.28. The molecule has 106 valence electrons. The maximum Gasteiger partial charge on any atom is 0.258 e. The Morgan fingerprint density at radius 3 is 2.62 bits per heavy atom. The molecular formula is C17H17N3O. The third-order valence-electron chi connectivity index (χ3n) is 3.44. The molecule has 0 amide bonds. The van der Waals surface area contributed by atoms with E-state index in [1.807, 2.05) is 18.2 Å². The summed E-state index contributed by atoms with van der Waals surface area (Å²) in [4.78, 5) is 19.0. The van der Waals surface area contributed by atoms with Gasteiger partial charge in [0.25, 0.3) is 5.56 Å². The van der Waals surface area contributed by atoms with E-state index in [0.717, 1.165) is 17.7 Å². The van der Waals surface area contributed by atoms with Gasteiger partial charge >= 0.3 is 0 Å². The lowest BCUT2D eigenvalue weighted by molar-refractivity contribution is 1.06. The van der Waals surface area contributed by atoms with Gasteiger partial charge in [0.2, 0.25) is 0 Å². The Kier molecular flexibility index (Phi) is 3.44. The summed E-state index contributed by atoms with van der Waals surface area (Å²) in [7, 11) is 0. The van der Waals surface area contributed by atoms with Crippen molar-refractivity contribution in [2.75, 3.05) is 5.32 Å². The van der Waals surface area contributed by atoms with Crippen LogP contribution in [0.1, 0.15) is 17.0 Å². The highest BCUT2D eigenvalue weighted by Gasteiger charge is 2.03. The maximum atomic E-state index is 11.9. The standard InChI is InChI=1S/C17H17N3O/c1-11-3-5-13(6-4-11)10-18-14-7-8-16-15(9-14)17(21)20-12(2)19-16/h3-9,18H,10H2,1-2H3,(H,19,20,21). The van der Waals surface area contributed by atoms with E-state index in [9.17, 15) is 4.79 Å². The van der Waals surface area contributed by atoms with Crippen LogP contribution in [0.5, 0.6) is 0 Å². The van der Waals surface area contributed by atoms with Gasteiger partial charge in [0.1, 0.15) is 5.82 Å². The van der Waals surface area contributed by atoms with E-state index in [1.165, 1.54) is 11.1 Å². The summed E-state index contributed by atoms with van der Waals surface area (Å²) in [6, 6.07) is 14.0. The number of H-pyrrole nitrogens is 1. The first kappa shape index (κ1) is 13.4. The lowest BCUT2D eigenvalue weighted by Gasteiger charge is -2.08. The molecule has 2 N–H and O–H groups in total. The lowest BCUT2D eigenvalue weighted by atomic mass is 10.1. The summed E-state index contributed by atoms with van der Waals surface area (Å²) in [5, 5.41) is 3.94. The van der Waals surface area contributed by atoms with Crippen LogP contribution >= 0.6 is 0 Å². The molecule has 1 heterocycles. The third-order valence-corrected chi connectivity index (χ3v) is 3.44. The average molecular weight is 279 g/mol. The number of aryl methyl sites for hydroxylation is 2. The first-order chi connectivity index (χ1) is 10.1. The summed E-state index contributed by atoms with van der Waals surface area (Å²) in [6.45, 7) is 4.58. The molecule has 0 fully saturated rings. The van der Waals surface area contributed by atoms with Crippen LogP contribution in [0.4, 0.5) is 5.69 Å². The van der Waals surface area contributed by atoms with Gasteiger partial charge in [-0.3, -0.25) is 4.79 Å². The zero-order valence-corrected chi connectivity index (χ0v) is 12.1. The second-order valence-electron chi connectivity index (χ2n) is 5.22. The van der Waals surface area contributed by atoms with Crippen LogP contribution in [0.15, 0.2) is 47.3 Å². The van der Waals surface area contributed by atoms with Crippen LogP contribution in [-0.2, 0) is 6.54 Å². The van der Waals surface area contributed by atoms with Crippen molar-refractivity contribution in [2.24, 2.45) is 0 Å². The molecule has 0 bridgehead atoms. The number of nitrogens with zero attached hydrogens (tertiary/aromatic N) is 1. The number of fused-ring (bicyclic) bond motifs is 1. The number of benzene rings is 2. The number of hydrogen-bond acceptors (Lipinski definition) is 3. The molecule has 0 aliphatic rings. The second kappa shape index (κ2) is 5.40. The molecule has 0 aliphatic heterocycles. The third kappa shape index (κ3) is 2.94. The minimum absolute atomic E-state index is 0.100. The Hall–Kier alpha value is -2.62. The number of rotatable bonds is 3. The van der Waals surface area contributed by atoms with Gasteiger partial charge in [0, 0.05) is 12.2 Å². The van der Waals surface area contributed by atoms with Gasteiger partial charge in [-0.25, -0.2) is 4.98 Å². The Balaban J connectivity index is 1.84. The van der Waals surface area contributed by atoms with Crippen LogP contribution in [0, 0.1) is 13.8 Å². The Morgan fingerprint density at radius 2 is 1.86 bits per heavy atom. The molecular weight excluding hydrogens is 262 g/mol. The Labute approximate surface area is 122 Å². The van der Waals surface area contributed by atoms with Crippen LogP contribution in [0.3, 0.4) is 0 Å². The molecule has 4 heteroatoms. The fraction of sp³-hybridized carbons (Fsp3) is 0.176. The quantitative estimate of drug-likeness (QED) is 0.774. The predicted molar refractivity (Wildman–Crippen MR) is 85.6 cm³/mol. The van der Waals surface area contributed by atoms with Gasteiger partial charge in [-0.1, -0.05) is 29.8 Å². The van der Waals surface area contributed by atoms with Crippen molar-refractivity contribution in [1.82, 2.24) is 9.97 Å². The van der Waals surface area contributed by atoms with Crippen molar-refractivity contribution in [1.29, 1.82) is 0 Å². The molecule has 1 aromatic heterocycles. The first-order valence-electron chi connectivity index (χ1n) is 6.92. The highest BCUT2D eigenvalue weighted by atomic mass is 16.1. The summed E-state index contributed by atoms with van der Waals surface area (Å²) in [5.74, 6) is 0.632. The molecule has 0 spiro atoms. The summed E-state index contributed by atoms with van der Waals surface area (Å²) in [6.07, 6.45) is 0. The van der Waals surface area contributed by atoms with Crippen molar-refractivity contribution in [3.63, 3.8) is 0 Å². The number of aromatic amines is 1. The van der Waals surface area contributed by atoms with Crippen molar-refractivity contribution in [3.8, 4) is 0 Å². The van der Waals surface area contributed by atoms with Gasteiger partial charge < -0.3 is 10.3 Å². The summed E-state index contributed by atoms with van der Waals surface area (Å²) in [5.41, 5.74) is 3.99. The van der Waals surface area contributed by atoms with Crippen molar-refractivity contribution < 1.29 is 0 Å². The number of nitrogens with one attached hydrogen (secondary N) is 2. The van der Waals surface area contributed by atoms with Crippen LogP contribution in [0.2, 0.25) is 0 Å². The Morgan fingerprint density at radius 1 is 1.10 bits per heavy atom. The normalized spacial score (nSPS) is 10.8. The highest BCUT2D eigenvalue weighted by Crippen LogP contribution is 2.15. The molecule has 2 aromatic carbocycles. The van der Waals surface area contributed by atoms with Crippen LogP contribution in [0.25, 0.3) is 10.9 Å². The van der Waals surface area contributed by atoms with Crippen molar-refractivity contribution >= 4 is 16.6 Å².